The van der Waals surface area contributed by atoms with Crippen LogP contribution in [0, 0.1) is 0 Å². The summed E-state index contributed by atoms with van der Waals surface area (Å²) in [5.74, 6) is 0.992. The summed E-state index contributed by atoms with van der Waals surface area (Å²) in [5.41, 5.74) is 6.88. The summed E-state index contributed by atoms with van der Waals surface area (Å²) >= 11 is 0. The van der Waals surface area contributed by atoms with Gasteiger partial charge in [0.2, 0.25) is 0 Å². The van der Waals surface area contributed by atoms with Crippen molar-refractivity contribution in [2.75, 3.05) is 14.2 Å². The number of nitrogens with two attached hydrogens (primary N) is 1. The van der Waals surface area contributed by atoms with Crippen LogP contribution in [0.25, 0.3) is 0 Å². The van der Waals surface area contributed by atoms with E-state index in [1.807, 2.05) is 12.1 Å². The Morgan fingerprint density at radius 1 is 1.32 bits per heavy atom. The molecular formula is C15H24N2O2. The molecule has 2 rings (SSSR count). The van der Waals surface area contributed by atoms with E-state index in [-0.39, 0.29) is 0 Å². The third-order valence-electron chi connectivity index (χ3n) is 4.08. The molecule has 0 unspecified atom stereocenters. The molecule has 1 fully saturated rings. The van der Waals surface area contributed by atoms with Crippen LogP contribution in [0.5, 0.6) is 11.5 Å². The number of phenolic OH excluding ortho intramolecular Hbond substituents is 1. The monoisotopic (exact) mass is 264 g/mol. The predicted octanol–water partition coefficient (Wildman–Crippen LogP) is 2.10. The third kappa shape index (κ3) is 3.61. The molecule has 0 spiro atoms. The molecule has 0 aliphatic heterocycles. The van der Waals surface area contributed by atoms with E-state index in [0.717, 1.165) is 37.8 Å². The highest BCUT2D eigenvalue weighted by atomic mass is 16.5. The minimum absolute atomic E-state index is 0.304. The molecule has 1 aromatic carbocycles. The van der Waals surface area contributed by atoms with Crippen molar-refractivity contribution in [3.8, 4) is 11.5 Å². The first kappa shape index (κ1) is 14.2. The van der Waals surface area contributed by atoms with Gasteiger partial charge in [0.1, 0.15) is 11.5 Å². The Morgan fingerprint density at radius 2 is 2.00 bits per heavy atom. The molecule has 4 heteroatoms. The molecule has 0 radical (unpaired) electrons. The van der Waals surface area contributed by atoms with Crippen molar-refractivity contribution in [1.82, 2.24) is 4.90 Å². The molecular weight excluding hydrogens is 240 g/mol. The highest BCUT2D eigenvalue weighted by Crippen LogP contribution is 2.27. The number of benzene rings is 1. The van der Waals surface area contributed by atoms with E-state index in [0.29, 0.717) is 23.6 Å². The number of hydrogen-bond donors (Lipinski definition) is 2. The van der Waals surface area contributed by atoms with Crippen molar-refractivity contribution in [2.45, 2.75) is 44.3 Å². The summed E-state index contributed by atoms with van der Waals surface area (Å²) in [7, 11) is 3.72. The quantitative estimate of drug-likeness (QED) is 0.874. The third-order valence-corrected chi connectivity index (χ3v) is 4.08. The number of methoxy groups -OCH3 is 1. The van der Waals surface area contributed by atoms with Gasteiger partial charge in [-0.3, -0.25) is 4.90 Å². The second-order valence-electron chi connectivity index (χ2n) is 5.48. The van der Waals surface area contributed by atoms with Gasteiger partial charge in [-0.25, -0.2) is 0 Å². The first-order valence-corrected chi connectivity index (χ1v) is 6.92. The lowest BCUT2D eigenvalue weighted by molar-refractivity contribution is 0.175. The summed E-state index contributed by atoms with van der Waals surface area (Å²) in [6.45, 7) is 0.760. The van der Waals surface area contributed by atoms with Gasteiger partial charge in [0.25, 0.3) is 0 Å². The van der Waals surface area contributed by atoms with Crippen LogP contribution in [0.3, 0.4) is 0 Å². The Kier molecular flexibility index (Phi) is 4.66. The molecule has 0 aromatic heterocycles. The number of nitrogens with zero attached hydrogens (tertiary/aromatic N) is 1. The van der Waals surface area contributed by atoms with Crippen molar-refractivity contribution in [2.24, 2.45) is 5.73 Å². The molecule has 1 aliphatic rings. The normalized spacial score (nSPS) is 23.6. The maximum Gasteiger partial charge on any atom is 0.123 e. The molecule has 0 amide bonds. The summed E-state index contributed by atoms with van der Waals surface area (Å²) < 4.78 is 5.10. The Labute approximate surface area is 115 Å². The highest BCUT2D eigenvalue weighted by molar-refractivity contribution is 5.39. The van der Waals surface area contributed by atoms with Crippen LogP contribution in [-0.2, 0) is 6.54 Å². The molecule has 0 bridgehead atoms. The van der Waals surface area contributed by atoms with E-state index in [2.05, 4.69) is 11.9 Å². The van der Waals surface area contributed by atoms with Gasteiger partial charge >= 0.3 is 0 Å². The Morgan fingerprint density at radius 3 is 2.58 bits per heavy atom. The van der Waals surface area contributed by atoms with Gasteiger partial charge in [0, 0.05) is 30.3 Å². The van der Waals surface area contributed by atoms with Gasteiger partial charge in [-0.05, 0) is 38.8 Å². The topological polar surface area (TPSA) is 58.7 Å². The zero-order chi connectivity index (χ0) is 13.8. The van der Waals surface area contributed by atoms with Gasteiger partial charge in [0.05, 0.1) is 7.11 Å². The molecule has 1 aromatic rings. The van der Waals surface area contributed by atoms with Gasteiger partial charge in [-0.15, -0.1) is 0 Å². The second-order valence-corrected chi connectivity index (χ2v) is 5.48. The number of aromatic hydroxyl groups is 1. The fraction of sp³-hybridized carbons (Fsp3) is 0.600. The SMILES string of the molecule is COc1ccc(CN(C)C2CCC(N)CC2)c(O)c1. The lowest BCUT2D eigenvalue weighted by Gasteiger charge is -2.33. The van der Waals surface area contributed by atoms with Gasteiger partial charge in [0.15, 0.2) is 0 Å². The van der Waals surface area contributed by atoms with Gasteiger partial charge < -0.3 is 15.6 Å². The van der Waals surface area contributed by atoms with Crippen LogP contribution >= 0.6 is 0 Å². The summed E-state index contributed by atoms with van der Waals surface area (Å²) in [5, 5.41) is 9.99. The Hall–Kier alpha value is -1.26. The fourth-order valence-electron chi connectivity index (χ4n) is 2.74. The van der Waals surface area contributed by atoms with Crippen LogP contribution < -0.4 is 10.5 Å². The summed E-state index contributed by atoms with van der Waals surface area (Å²) in [6, 6.07) is 6.43. The molecule has 3 N–H and O–H groups in total. The molecule has 1 saturated carbocycles. The van der Waals surface area contributed by atoms with Gasteiger partial charge in [-0.1, -0.05) is 6.07 Å². The predicted molar refractivity (Wildman–Crippen MR) is 76.4 cm³/mol. The number of ether oxygens (including phenoxy) is 1. The maximum absolute atomic E-state index is 9.99. The lowest BCUT2D eigenvalue weighted by atomic mass is 9.91. The molecule has 0 atom stereocenters. The Balaban J connectivity index is 1.96. The fourth-order valence-corrected chi connectivity index (χ4v) is 2.74. The van der Waals surface area contributed by atoms with E-state index >= 15 is 0 Å². The van der Waals surface area contributed by atoms with Crippen LogP contribution in [0.15, 0.2) is 18.2 Å². The first-order valence-electron chi connectivity index (χ1n) is 6.92. The minimum Gasteiger partial charge on any atom is -0.507 e. The lowest BCUT2D eigenvalue weighted by Crippen LogP contribution is -2.38. The standard InChI is InChI=1S/C15H24N2O2/c1-17(13-6-4-12(16)5-7-13)10-11-3-8-14(19-2)9-15(11)18/h3,8-9,12-13,18H,4-7,10,16H2,1-2H3. The van der Waals surface area contributed by atoms with Crippen molar-refractivity contribution in [3.05, 3.63) is 23.8 Å². The summed E-state index contributed by atoms with van der Waals surface area (Å²) in [4.78, 5) is 2.31. The first-order chi connectivity index (χ1) is 9.10. The number of rotatable bonds is 4. The minimum atomic E-state index is 0.304. The van der Waals surface area contributed by atoms with Crippen LogP contribution in [0.1, 0.15) is 31.2 Å². The largest absolute Gasteiger partial charge is 0.507 e. The van der Waals surface area contributed by atoms with Crippen LogP contribution in [0.2, 0.25) is 0 Å². The number of phenols is 1. The molecule has 0 saturated heterocycles. The van der Waals surface area contributed by atoms with Crippen molar-refractivity contribution < 1.29 is 9.84 Å². The number of hydrogen-bond acceptors (Lipinski definition) is 4. The van der Waals surface area contributed by atoms with E-state index in [1.54, 1.807) is 13.2 Å². The molecule has 0 heterocycles. The van der Waals surface area contributed by atoms with Crippen LogP contribution in [0.4, 0.5) is 0 Å². The second kappa shape index (κ2) is 6.26. The van der Waals surface area contributed by atoms with E-state index < -0.39 is 0 Å². The van der Waals surface area contributed by atoms with E-state index in [1.165, 1.54) is 0 Å². The average Bonchev–Trinajstić information content (AvgIpc) is 2.41. The van der Waals surface area contributed by atoms with Gasteiger partial charge in [-0.2, -0.15) is 0 Å². The average molecular weight is 264 g/mol. The zero-order valence-electron chi connectivity index (χ0n) is 11.8. The van der Waals surface area contributed by atoms with Crippen molar-refractivity contribution in [1.29, 1.82) is 0 Å². The molecule has 4 nitrogen and oxygen atoms in total. The smallest absolute Gasteiger partial charge is 0.123 e. The molecule has 19 heavy (non-hydrogen) atoms. The molecule has 106 valence electrons. The van der Waals surface area contributed by atoms with Crippen molar-refractivity contribution >= 4 is 0 Å². The van der Waals surface area contributed by atoms with E-state index in [4.69, 9.17) is 10.5 Å². The summed E-state index contributed by atoms with van der Waals surface area (Å²) in [6.07, 6.45) is 4.50. The Bertz CT molecular complexity index is 415. The molecule has 1 aliphatic carbocycles. The van der Waals surface area contributed by atoms with Crippen LogP contribution in [-0.4, -0.2) is 36.2 Å². The zero-order valence-corrected chi connectivity index (χ0v) is 11.8. The van der Waals surface area contributed by atoms with E-state index in [9.17, 15) is 5.11 Å². The maximum atomic E-state index is 9.99. The highest BCUT2D eigenvalue weighted by Gasteiger charge is 2.22. The van der Waals surface area contributed by atoms with Crippen molar-refractivity contribution in [3.63, 3.8) is 0 Å².